The third-order valence-corrected chi connectivity index (χ3v) is 23.5. The maximum absolute atomic E-state index is 7.37. The van der Waals surface area contributed by atoms with Gasteiger partial charge >= 0.3 is 0 Å². The average Bonchev–Trinajstić information content (AvgIpc) is 1.35. The fourth-order valence-electron chi connectivity index (χ4n) is 17.6. The predicted molar refractivity (Wildman–Crippen MR) is 475 cm³/mol. The monoisotopic (exact) mass is 1430 g/mol. The molecule has 0 bridgehead atoms. The van der Waals surface area contributed by atoms with Crippen molar-refractivity contribution in [1.82, 2.24) is 4.57 Å². The van der Waals surface area contributed by atoms with Crippen LogP contribution in [0.5, 0.6) is 0 Å². The van der Waals surface area contributed by atoms with Gasteiger partial charge in [0.15, 0.2) is 5.58 Å². The van der Waals surface area contributed by atoms with Crippen molar-refractivity contribution in [2.45, 2.75) is 105 Å². The van der Waals surface area contributed by atoms with Crippen LogP contribution in [0.1, 0.15) is 105 Å². The zero-order chi connectivity index (χ0) is 76.0. The molecule has 538 valence electrons. The molecule has 0 atom stereocenters. The third-order valence-electron chi connectivity index (χ3n) is 23.5. The quantitative estimate of drug-likeness (QED) is 0.128. The molecule has 0 spiro atoms. The summed E-state index contributed by atoms with van der Waals surface area (Å²) in [4.78, 5) is 5.43. The molecule has 5 heteroatoms. The van der Waals surface area contributed by atoms with Gasteiger partial charge in [0.05, 0.1) is 28.1 Å². The summed E-state index contributed by atoms with van der Waals surface area (Å²) in [5.41, 5.74) is 35.6. The van der Waals surface area contributed by atoms with Crippen molar-refractivity contribution in [1.29, 1.82) is 0 Å². The molecule has 111 heavy (non-hydrogen) atoms. The number of nitrogens with zero attached hydrogens (tertiary/aromatic N) is 3. The van der Waals surface area contributed by atoms with Gasteiger partial charge in [0, 0.05) is 66.5 Å². The highest BCUT2D eigenvalue weighted by atomic mass is 16.3. The van der Waals surface area contributed by atoms with Crippen molar-refractivity contribution in [3.05, 3.63) is 350 Å². The van der Waals surface area contributed by atoms with Crippen LogP contribution in [0.3, 0.4) is 0 Å². The number of hydrogen-bond acceptors (Lipinski definition) is 3. The normalized spacial score (nSPS) is 13.0. The van der Waals surface area contributed by atoms with Crippen LogP contribution < -0.4 is 26.2 Å². The fourth-order valence-corrected chi connectivity index (χ4v) is 17.6. The van der Waals surface area contributed by atoms with Crippen LogP contribution in [0.2, 0.25) is 0 Å². The SMILES string of the molecule is CC(C)(C)c1ccc2c(c1)B1c3cc(C(C)(C)C)ccc3N(c3c(-c4ccccc4)cc(-c4ccccc4)cc3-c3ccccc3)c3cc(-c4cc(-n5c6ccc(C(C)(C)C)cc6c6cc(C(C)(C)C)ccc65)c5oc6ccccc6c5c4)cc(c31)N2c1c(-c2ccccc2)cc(-c2ccccc2)cc1-c1ccccc1. The summed E-state index contributed by atoms with van der Waals surface area (Å²) in [6.45, 7) is 27.9. The number of aromatic nitrogens is 1. The molecule has 15 aromatic carbocycles. The van der Waals surface area contributed by atoms with E-state index in [-0.39, 0.29) is 28.4 Å². The molecule has 2 aliphatic rings. The lowest BCUT2D eigenvalue weighted by molar-refractivity contribution is 0.590. The first-order valence-electron chi connectivity index (χ1n) is 39.4. The molecule has 0 aliphatic carbocycles. The Morgan fingerprint density at radius 3 is 0.937 bits per heavy atom. The highest BCUT2D eigenvalue weighted by molar-refractivity contribution is 7.00. The largest absolute Gasteiger partial charge is 0.454 e. The molecule has 0 radical (unpaired) electrons. The summed E-state index contributed by atoms with van der Waals surface area (Å²) in [7, 11) is 0. The van der Waals surface area contributed by atoms with E-state index in [0.29, 0.717) is 0 Å². The highest BCUT2D eigenvalue weighted by Gasteiger charge is 2.47. The molecule has 0 unspecified atom stereocenters. The van der Waals surface area contributed by atoms with Crippen LogP contribution in [0, 0.1) is 0 Å². The Labute approximate surface area is 653 Å². The summed E-state index contributed by atoms with van der Waals surface area (Å²) >= 11 is 0. The summed E-state index contributed by atoms with van der Waals surface area (Å²) in [6, 6.07) is 124. The molecule has 2 aliphatic heterocycles. The molecular weight excluding hydrogens is 1340 g/mol. The Morgan fingerprint density at radius 2 is 0.559 bits per heavy atom. The zero-order valence-corrected chi connectivity index (χ0v) is 65.5. The van der Waals surface area contributed by atoms with Crippen LogP contribution in [-0.2, 0) is 21.7 Å². The van der Waals surface area contributed by atoms with Gasteiger partial charge < -0.3 is 18.8 Å². The second-order valence-corrected chi connectivity index (χ2v) is 34.9. The summed E-state index contributed by atoms with van der Waals surface area (Å²) < 4.78 is 9.89. The Morgan fingerprint density at radius 1 is 0.243 bits per heavy atom. The van der Waals surface area contributed by atoms with Crippen LogP contribution in [-0.4, -0.2) is 11.3 Å². The van der Waals surface area contributed by atoms with Gasteiger partial charge in [-0.15, -0.1) is 0 Å². The van der Waals surface area contributed by atoms with E-state index in [1.54, 1.807) is 0 Å². The molecule has 0 saturated heterocycles. The van der Waals surface area contributed by atoms with E-state index in [1.807, 2.05) is 0 Å². The van der Waals surface area contributed by atoms with E-state index in [9.17, 15) is 0 Å². The van der Waals surface area contributed by atoms with Gasteiger partial charge in [-0.1, -0.05) is 320 Å². The van der Waals surface area contributed by atoms with Crippen molar-refractivity contribution in [3.63, 3.8) is 0 Å². The Hall–Kier alpha value is -12.4. The van der Waals surface area contributed by atoms with Gasteiger partial charge in [-0.25, -0.2) is 0 Å². The van der Waals surface area contributed by atoms with E-state index in [0.717, 1.165) is 151 Å². The second-order valence-electron chi connectivity index (χ2n) is 34.9. The molecule has 0 fully saturated rings. The van der Waals surface area contributed by atoms with Gasteiger partial charge in [0.1, 0.15) is 5.58 Å². The summed E-state index contributed by atoms with van der Waals surface area (Å²) in [6.07, 6.45) is 0. The Bertz CT molecular complexity index is 6070. The van der Waals surface area contributed by atoms with E-state index in [2.05, 4.69) is 425 Å². The van der Waals surface area contributed by atoms with Crippen molar-refractivity contribution < 1.29 is 4.42 Å². The smallest absolute Gasteiger partial charge is 0.252 e. The number of benzene rings is 15. The van der Waals surface area contributed by atoms with E-state index in [4.69, 9.17) is 4.42 Å². The molecule has 17 aromatic rings. The first-order valence-corrected chi connectivity index (χ1v) is 39.4. The second kappa shape index (κ2) is 26.1. The molecular formula is C106H90BN3O. The molecule has 4 nitrogen and oxygen atoms in total. The third kappa shape index (κ3) is 11.8. The highest BCUT2D eigenvalue weighted by Crippen LogP contribution is 2.56. The minimum absolute atomic E-state index is 0.0875. The predicted octanol–water partition coefficient (Wildman–Crippen LogP) is 27.6. The van der Waals surface area contributed by atoms with Crippen LogP contribution >= 0.6 is 0 Å². The van der Waals surface area contributed by atoms with Crippen molar-refractivity contribution in [2.75, 3.05) is 9.80 Å². The number of rotatable bonds is 10. The first kappa shape index (κ1) is 69.1. The van der Waals surface area contributed by atoms with Gasteiger partial charge in [-0.2, -0.15) is 0 Å². The fraction of sp³-hybridized carbons (Fsp3) is 0.151. The molecule has 0 N–H and O–H groups in total. The topological polar surface area (TPSA) is 24.6 Å². The first-order chi connectivity index (χ1) is 53.6. The van der Waals surface area contributed by atoms with Gasteiger partial charge in [-0.3, -0.25) is 0 Å². The average molecular weight is 1430 g/mol. The number of furan rings is 1. The lowest BCUT2D eigenvalue weighted by Gasteiger charge is -2.46. The number of hydrogen-bond donors (Lipinski definition) is 0. The summed E-state index contributed by atoms with van der Waals surface area (Å²) in [5.74, 6) is 0. The lowest BCUT2D eigenvalue weighted by Crippen LogP contribution is -2.61. The minimum atomic E-state index is -0.247. The van der Waals surface area contributed by atoms with Crippen LogP contribution in [0.25, 0.3) is 127 Å². The van der Waals surface area contributed by atoms with Crippen LogP contribution in [0.4, 0.5) is 34.1 Å². The molecule has 19 rings (SSSR count). The van der Waals surface area contributed by atoms with Crippen molar-refractivity contribution >= 4 is 101 Å². The van der Waals surface area contributed by atoms with Gasteiger partial charge in [0.25, 0.3) is 6.71 Å². The molecule has 4 heterocycles. The van der Waals surface area contributed by atoms with Crippen molar-refractivity contribution in [3.8, 4) is 83.6 Å². The summed E-state index contributed by atoms with van der Waals surface area (Å²) in [5, 5.41) is 4.55. The standard InChI is InChI=1S/C106H90BN3O/c1-103(2,3)77-47-51-91-86(63-77)87-64-78(104(4,5)6)48-52-92(87)108(91)97-62-75(59-88-81-45-31-32-46-98(81)111-102(88)97)76-60-95-99-96(61-76)110(101-84(71-41-27-17-28-42-71)57-74(68-35-21-14-22-36-68)58-85(101)72-43-29-18-30-44-72)94-54-50-80(106(10,11)12)66-90(94)107(99)89-65-79(105(7,8)9)49-53-93(89)109(95)100-82(69-37-23-15-24-38-69)55-73(67-33-19-13-20-34-67)56-83(100)70-39-25-16-26-40-70/h13-66H,1-12H3. The zero-order valence-electron chi connectivity index (χ0n) is 65.5. The lowest BCUT2D eigenvalue weighted by atomic mass is 9.33. The van der Waals surface area contributed by atoms with Gasteiger partial charge in [-0.05, 0) is 207 Å². The number of anilines is 6. The van der Waals surface area contributed by atoms with Gasteiger partial charge in [0.2, 0.25) is 0 Å². The Kier molecular flexibility index (Phi) is 16.3. The Balaban J connectivity index is 1.02. The molecule has 2 aromatic heterocycles. The molecule has 0 saturated carbocycles. The van der Waals surface area contributed by atoms with E-state index < -0.39 is 0 Å². The maximum atomic E-state index is 7.37. The maximum Gasteiger partial charge on any atom is 0.252 e. The van der Waals surface area contributed by atoms with E-state index >= 15 is 0 Å². The van der Waals surface area contributed by atoms with E-state index in [1.165, 1.54) is 49.4 Å². The molecule has 0 amide bonds. The number of para-hydroxylation sites is 1. The van der Waals surface area contributed by atoms with Crippen molar-refractivity contribution in [2.24, 2.45) is 0 Å². The minimum Gasteiger partial charge on any atom is -0.454 e. The number of fused-ring (bicyclic) bond motifs is 10. The van der Waals surface area contributed by atoms with Crippen LogP contribution in [0.15, 0.2) is 332 Å².